The molecule has 1 fully saturated rings. The molecule has 1 aromatic heterocycles. The monoisotopic (exact) mass is 254 g/mol. The van der Waals surface area contributed by atoms with Crippen LogP contribution in [0.3, 0.4) is 0 Å². The van der Waals surface area contributed by atoms with Gasteiger partial charge in [0.1, 0.15) is 6.04 Å². The lowest BCUT2D eigenvalue weighted by Gasteiger charge is -2.06. The number of nitrogens with one attached hydrogen (secondary N) is 1. The second-order valence-corrected chi connectivity index (χ2v) is 3.07. The van der Waals surface area contributed by atoms with Gasteiger partial charge in [0.15, 0.2) is 0 Å². The molecule has 1 aliphatic rings. The van der Waals surface area contributed by atoms with Crippen LogP contribution in [-0.2, 0) is 4.79 Å². The Morgan fingerprint density at radius 1 is 1.53 bits per heavy atom. The standard InChI is InChI=1S/C7H10N4O2.2ClH/c12-7(13)6-3-5(4-8-6)11-2-1-9-10-11;;/h1-2,5-6,8H,3-4H2,(H,12,13);2*1H/t5-,6-;;/m0../s1. The Kier molecular flexibility index (Phi) is 5.56. The Hall–Kier alpha value is -0.850. The molecule has 86 valence electrons. The number of aliphatic carboxylic acids is 1. The van der Waals surface area contributed by atoms with Crippen molar-refractivity contribution in [1.82, 2.24) is 20.3 Å². The Morgan fingerprint density at radius 2 is 2.27 bits per heavy atom. The summed E-state index contributed by atoms with van der Waals surface area (Å²) in [5.41, 5.74) is 0. The molecule has 0 radical (unpaired) electrons. The van der Waals surface area contributed by atoms with E-state index >= 15 is 0 Å². The van der Waals surface area contributed by atoms with Crippen LogP contribution in [0.1, 0.15) is 12.5 Å². The highest BCUT2D eigenvalue weighted by Gasteiger charge is 2.30. The van der Waals surface area contributed by atoms with E-state index in [0.29, 0.717) is 13.0 Å². The van der Waals surface area contributed by atoms with Gasteiger partial charge in [0.25, 0.3) is 0 Å². The van der Waals surface area contributed by atoms with Gasteiger partial charge in [-0.25, -0.2) is 4.68 Å². The van der Waals surface area contributed by atoms with Gasteiger partial charge < -0.3 is 10.4 Å². The van der Waals surface area contributed by atoms with Crippen molar-refractivity contribution in [1.29, 1.82) is 0 Å². The number of carbonyl (C=O) groups is 1. The van der Waals surface area contributed by atoms with Crippen LogP contribution in [0.2, 0.25) is 0 Å². The normalized spacial score (nSPS) is 24.0. The number of nitrogens with zero attached hydrogens (tertiary/aromatic N) is 3. The van der Waals surface area contributed by atoms with E-state index in [1.54, 1.807) is 17.1 Å². The summed E-state index contributed by atoms with van der Waals surface area (Å²) >= 11 is 0. The molecule has 0 amide bonds. The molecule has 0 saturated carbocycles. The minimum Gasteiger partial charge on any atom is -0.480 e. The molecule has 0 aliphatic carbocycles. The third kappa shape index (κ3) is 3.05. The molecule has 0 unspecified atom stereocenters. The molecule has 1 saturated heterocycles. The fourth-order valence-electron chi connectivity index (χ4n) is 1.52. The molecular weight excluding hydrogens is 243 g/mol. The molecule has 0 spiro atoms. The molecule has 1 aliphatic heterocycles. The van der Waals surface area contributed by atoms with Gasteiger partial charge in [-0.2, -0.15) is 0 Å². The van der Waals surface area contributed by atoms with Crippen molar-refractivity contribution in [2.75, 3.05) is 6.54 Å². The lowest BCUT2D eigenvalue weighted by molar-refractivity contribution is -0.139. The zero-order chi connectivity index (χ0) is 9.26. The van der Waals surface area contributed by atoms with E-state index in [2.05, 4.69) is 15.6 Å². The average Bonchev–Trinajstić information content (AvgIpc) is 2.75. The molecule has 15 heavy (non-hydrogen) atoms. The quantitative estimate of drug-likeness (QED) is 0.784. The minimum absolute atomic E-state index is 0. The molecule has 2 rings (SSSR count). The van der Waals surface area contributed by atoms with Crippen LogP contribution in [0.25, 0.3) is 0 Å². The zero-order valence-corrected chi connectivity index (χ0v) is 9.37. The highest BCUT2D eigenvalue weighted by molar-refractivity contribution is 5.85. The summed E-state index contributed by atoms with van der Waals surface area (Å²) in [6.07, 6.45) is 3.91. The maximum absolute atomic E-state index is 10.6. The molecule has 1 aromatic rings. The van der Waals surface area contributed by atoms with Crippen molar-refractivity contribution in [3.05, 3.63) is 12.4 Å². The van der Waals surface area contributed by atoms with Gasteiger partial charge in [0.05, 0.1) is 12.2 Å². The van der Waals surface area contributed by atoms with Crippen LogP contribution in [0.5, 0.6) is 0 Å². The highest BCUT2D eigenvalue weighted by atomic mass is 35.5. The first-order valence-electron chi connectivity index (χ1n) is 4.09. The molecule has 2 atom stereocenters. The second-order valence-electron chi connectivity index (χ2n) is 3.07. The number of hydrogen-bond donors (Lipinski definition) is 2. The van der Waals surface area contributed by atoms with E-state index in [1.165, 1.54) is 0 Å². The Morgan fingerprint density at radius 3 is 2.73 bits per heavy atom. The zero-order valence-electron chi connectivity index (χ0n) is 7.74. The molecule has 8 heteroatoms. The topological polar surface area (TPSA) is 80.0 Å². The first kappa shape index (κ1) is 14.2. The van der Waals surface area contributed by atoms with Gasteiger partial charge in [-0.15, -0.1) is 29.9 Å². The predicted octanol–water partition coefficient (Wildman–Crippen LogP) is 0.109. The number of halogens is 2. The average molecular weight is 255 g/mol. The summed E-state index contributed by atoms with van der Waals surface area (Å²) in [7, 11) is 0. The Bertz CT molecular complexity index is 306. The fourth-order valence-corrected chi connectivity index (χ4v) is 1.52. The lowest BCUT2D eigenvalue weighted by Crippen LogP contribution is -2.29. The maximum Gasteiger partial charge on any atom is 0.320 e. The summed E-state index contributed by atoms with van der Waals surface area (Å²) in [6.45, 7) is 0.639. The van der Waals surface area contributed by atoms with Crippen LogP contribution >= 0.6 is 24.8 Å². The molecule has 2 N–H and O–H groups in total. The maximum atomic E-state index is 10.6. The SMILES string of the molecule is Cl.Cl.O=C(O)[C@@H]1C[C@H](n2ccnn2)CN1. The third-order valence-electron chi connectivity index (χ3n) is 2.22. The van der Waals surface area contributed by atoms with Crippen LogP contribution in [-0.4, -0.2) is 38.7 Å². The first-order valence-corrected chi connectivity index (χ1v) is 4.09. The minimum atomic E-state index is -0.803. The van der Waals surface area contributed by atoms with Crippen molar-refractivity contribution in [3.8, 4) is 0 Å². The van der Waals surface area contributed by atoms with E-state index in [1.807, 2.05) is 0 Å². The van der Waals surface area contributed by atoms with E-state index in [4.69, 9.17) is 5.11 Å². The van der Waals surface area contributed by atoms with Crippen LogP contribution < -0.4 is 5.32 Å². The summed E-state index contributed by atoms with van der Waals surface area (Å²) in [5.74, 6) is -0.803. The summed E-state index contributed by atoms with van der Waals surface area (Å²) < 4.78 is 1.69. The lowest BCUT2D eigenvalue weighted by atomic mass is 10.2. The Balaban J connectivity index is 0.000000980. The summed E-state index contributed by atoms with van der Waals surface area (Å²) in [5, 5.41) is 19.1. The smallest absolute Gasteiger partial charge is 0.320 e. The molecular formula is C7H12Cl2N4O2. The number of hydrogen-bond acceptors (Lipinski definition) is 4. The predicted molar refractivity (Wildman–Crippen MR) is 57.6 cm³/mol. The second kappa shape index (κ2) is 5.89. The largest absolute Gasteiger partial charge is 0.480 e. The van der Waals surface area contributed by atoms with Gasteiger partial charge in [-0.1, -0.05) is 5.21 Å². The van der Waals surface area contributed by atoms with Crippen molar-refractivity contribution in [3.63, 3.8) is 0 Å². The van der Waals surface area contributed by atoms with Crippen LogP contribution in [0.15, 0.2) is 12.4 Å². The summed E-state index contributed by atoms with van der Waals surface area (Å²) in [6, 6.07) is -0.335. The number of carboxylic acids is 1. The molecule has 6 nitrogen and oxygen atoms in total. The molecule has 0 aromatic carbocycles. The van der Waals surface area contributed by atoms with Crippen molar-refractivity contribution < 1.29 is 9.90 Å². The Labute approximate surface area is 98.9 Å². The van der Waals surface area contributed by atoms with E-state index in [9.17, 15) is 4.79 Å². The van der Waals surface area contributed by atoms with Crippen LogP contribution in [0, 0.1) is 0 Å². The van der Waals surface area contributed by atoms with Gasteiger partial charge >= 0.3 is 5.97 Å². The van der Waals surface area contributed by atoms with E-state index < -0.39 is 12.0 Å². The third-order valence-corrected chi connectivity index (χ3v) is 2.22. The molecule has 0 bridgehead atoms. The van der Waals surface area contributed by atoms with Crippen molar-refractivity contribution in [2.24, 2.45) is 0 Å². The van der Waals surface area contributed by atoms with Gasteiger partial charge in [-0.05, 0) is 6.42 Å². The van der Waals surface area contributed by atoms with E-state index in [0.717, 1.165) is 0 Å². The molecule has 2 heterocycles. The number of aromatic nitrogens is 3. The number of carboxylic acid groups (broad SMARTS) is 1. The van der Waals surface area contributed by atoms with Gasteiger partial charge in [0.2, 0.25) is 0 Å². The number of rotatable bonds is 2. The van der Waals surface area contributed by atoms with Crippen molar-refractivity contribution >= 4 is 30.8 Å². The fraction of sp³-hybridized carbons (Fsp3) is 0.571. The van der Waals surface area contributed by atoms with E-state index in [-0.39, 0.29) is 30.9 Å². The highest BCUT2D eigenvalue weighted by Crippen LogP contribution is 2.17. The van der Waals surface area contributed by atoms with Gasteiger partial charge in [-0.3, -0.25) is 4.79 Å². The summed E-state index contributed by atoms with van der Waals surface area (Å²) in [4.78, 5) is 10.6. The van der Waals surface area contributed by atoms with Crippen molar-refractivity contribution in [2.45, 2.75) is 18.5 Å². The first-order chi connectivity index (χ1) is 6.27. The van der Waals surface area contributed by atoms with Crippen LogP contribution in [0.4, 0.5) is 0 Å². The van der Waals surface area contributed by atoms with Gasteiger partial charge in [0, 0.05) is 12.7 Å².